The van der Waals surface area contributed by atoms with Crippen molar-refractivity contribution in [3.63, 3.8) is 0 Å². The molecule has 0 aliphatic rings. The third-order valence-corrected chi connectivity index (χ3v) is 5.48. The highest BCUT2D eigenvalue weighted by molar-refractivity contribution is 5.73. The van der Waals surface area contributed by atoms with Crippen LogP contribution in [0.25, 0.3) is 28.2 Å². The predicted octanol–water partition coefficient (Wildman–Crippen LogP) is 3.85. The molecule has 5 aromatic rings. The Bertz CT molecular complexity index is 1460. The van der Waals surface area contributed by atoms with E-state index in [0.29, 0.717) is 29.5 Å². The Hall–Kier alpha value is -4.07. The van der Waals surface area contributed by atoms with Crippen LogP contribution in [0.2, 0.25) is 0 Å². The first-order valence-electron chi connectivity index (χ1n) is 10.5. The molecule has 3 heterocycles. The second kappa shape index (κ2) is 7.88. The Morgan fingerprint density at radius 2 is 1.84 bits per heavy atom. The number of H-pyrrole nitrogens is 1. The smallest absolute Gasteiger partial charge is 0.303 e. The average molecular weight is 425 g/mol. The zero-order valence-corrected chi connectivity index (χ0v) is 18.1. The molecule has 0 saturated carbocycles. The molecule has 160 valence electrons. The van der Waals surface area contributed by atoms with Crippen LogP contribution in [0.5, 0.6) is 0 Å². The van der Waals surface area contributed by atoms with Crippen LogP contribution in [0.1, 0.15) is 36.6 Å². The number of hydrogen-bond donors (Lipinski definition) is 1. The van der Waals surface area contributed by atoms with E-state index in [-0.39, 0.29) is 5.69 Å². The van der Waals surface area contributed by atoms with Gasteiger partial charge >= 0.3 is 5.69 Å². The Labute approximate surface area is 184 Å². The first kappa shape index (κ1) is 19.9. The number of nitrogens with one attached hydrogen (secondary N) is 1. The molecule has 0 saturated heterocycles. The van der Waals surface area contributed by atoms with Crippen LogP contribution in [-0.4, -0.2) is 34.5 Å². The van der Waals surface area contributed by atoms with Gasteiger partial charge in [0.25, 0.3) is 0 Å². The van der Waals surface area contributed by atoms with Crippen LogP contribution in [0.15, 0.2) is 65.7 Å². The highest BCUT2D eigenvalue weighted by Gasteiger charge is 2.15. The van der Waals surface area contributed by atoms with Gasteiger partial charge in [0.15, 0.2) is 11.5 Å². The third-order valence-electron chi connectivity index (χ3n) is 5.48. The quantitative estimate of drug-likeness (QED) is 0.462. The first-order valence-corrected chi connectivity index (χ1v) is 10.5. The SMILES string of the molecule is Cc1cn(-c2ccc(Cn3c(=O)[nH]c4cnc(-c5ccccc5C(C)C)nc43)cc2)nn1. The van der Waals surface area contributed by atoms with Crippen LogP contribution in [-0.2, 0) is 6.54 Å². The molecule has 0 amide bonds. The van der Waals surface area contributed by atoms with Gasteiger partial charge in [-0.1, -0.05) is 55.5 Å². The number of aromatic nitrogens is 7. The van der Waals surface area contributed by atoms with Crippen molar-refractivity contribution >= 4 is 11.2 Å². The summed E-state index contributed by atoms with van der Waals surface area (Å²) in [6.45, 7) is 6.59. The molecule has 8 heteroatoms. The molecule has 0 aliphatic heterocycles. The summed E-state index contributed by atoms with van der Waals surface area (Å²) >= 11 is 0. The topological polar surface area (TPSA) is 94.3 Å². The molecule has 32 heavy (non-hydrogen) atoms. The minimum atomic E-state index is -0.209. The van der Waals surface area contributed by atoms with Gasteiger partial charge in [0, 0.05) is 5.56 Å². The molecule has 5 rings (SSSR count). The lowest BCUT2D eigenvalue weighted by Crippen LogP contribution is -2.17. The highest BCUT2D eigenvalue weighted by Crippen LogP contribution is 2.27. The van der Waals surface area contributed by atoms with Crippen molar-refractivity contribution in [2.45, 2.75) is 33.2 Å². The van der Waals surface area contributed by atoms with Crippen molar-refractivity contribution in [3.8, 4) is 17.1 Å². The number of hydrogen-bond acceptors (Lipinski definition) is 5. The maximum Gasteiger partial charge on any atom is 0.328 e. The maximum absolute atomic E-state index is 12.7. The average Bonchev–Trinajstić information content (AvgIpc) is 3.37. The van der Waals surface area contributed by atoms with Crippen molar-refractivity contribution < 1.29 is 0 Å². The van der Waals surface area contributed by atoms with E-state index in [1.54, 1.807) is 15.4 Å². The molecule has 0 fully saturated rings. The van der Waals surface area contributed by atoms with Gasteiger partial charge in [-0.25, -0.2) is 19.4 Å². The molecule has 0 radical (unpaired) electrons. The number of fused-ring (bicyclic) bond motifs is 1. The van der Waals surface area contributed by atoms with Gasteiger partial charge in [-0.3, -0.25) is 4.57 Å². The lowest BCUT2D eigenvalue weighted by atomic mass is 9.97. The van der Waals surface area contributed by atoms with Crippen LogP contribution in [0.4, 0.5) is 0 Å². The van der Waals surface area contributed by atoms with Crippen LogP contribution < -0.4 is 5.69 Å². The van der Waals surface area contributed by atoms with Crippen LogP contribution >= 0.6 is 0 Å². The number of aryl methyl sites for hydroxylation is 1. The number of rotatable bonds is 5. The standard InChI is InChI=1S/C24H23N7O/c1-15(2)19-6-4-5-7-20(19)22-25-12-21-23(27-22)30(24(32)26-21)14-17-8-10-18(11-9-17)31-13-16(3)28-29-31/h4-13,15H,14H2,1-3H3,(H,26,32). The number of imidazole rings is 1. The first-order chi connectivity index (χ1) is 15.5. The molecule has 0 bridgehead atoms. The Morgan fingerprint density at radius 1 is 1.06 bits per heavy atom. The van der Waals surface area contributed by atoms with Crippen molar-refractivity contribution in [1.29, 1.82) is 0 Å². The van der Waals surface area contributed by atoms with E-state index >= 15 is 0 Å². The Morgan fingerprint density at radius 3 is 2.56 bits per heavy atom. The second-order valence-corrected chi connectivity index (χ2v) is 8.16. The summed E-state index contributed by atoms with van der Waals surface area (Å²) in [5.74, 6) is 0.956. The fourth-order valence-corrected chi connectivity index (χ4v) is 3.84. The van der Waals surface area contributed by atoms with E-state index in [0.717, 1.165) is 22.5 Å². The van der Waals surface area contributed by atoms with Gasteiger partial charge in [-0.2, -0.15) is 0 Å². The van der Waals surface area contributed by atoms with Gasteiger partial charge in [0.1, 0.15) is 5.52 Å². The van der Waals surface area contributed by atoms with Gasteiger partial charge in [-0.15, -0.1) is 5.10 Å². The third kappa shape index (κ3) is 3.60. The van der Waals surface area contributed by atoms with E-state index in [9.17, 15) is 4.79 Å². The summed E-state index contributed by atoms with van der Waals surface area (Å²) in [6.07, 6.45) is 3.55. The fraction of sp³-hybridized carbons (Fsp3) is 0.208. The lowest BCUT2D eigenvalue weighted by Gasteiger charge is -2.11. The van der Waals surface area contributed by atoms with Gasteiger partial charge < -0.3 is 4.98 Å². The zero-order valence-electron chi connectivity index (χ0n) is 18.1. The fourth-order valence-electron chi connectivity index (χ4n) is 3.84. The van der Waals surface area contributed by atoms with Crippen LogP contribution in [0.3, 0.4) is 0 Å². The Balaban J connectivity index is 1.51. The summed E-state index contributed by atoms with van der Waals surface area (Å²) in [5.41, 5.74) is 5.91. The molecule has 0 aliphatic carbocycles. The van der Waals surface area contributed by atoms with Crippen LogP contribution in [0, 0.1) is 6.92 Å². The largest absolute Gasteiger partial charge is 0.328 e. The predicted molar refractivity (Wildman–Crippen MR) is 123 cm³/mol. The second-order valence-electron chi connectivity index (χ2n) is 8.16. The highest BCUT2D eigenvalue weighted by atomic mass is 16.1. The van der Waals surface area contributed by atoms with Gasteiger partial charge in [0.05, 0.1) is 30.3 Å². The molecule has 2 aromatic carbocycles. The summed E-state index contributed by atoms with van der Waals surface area (Å²) in [4.78, 5) is 24.8. The minimum absolute atomic E-state index is 0.209. The number of aromatic amines is 1. The number of nitrogens with zero attached hydrogens (tertiary/aromatic N) is 6. The molecule has 1 N–H and O–H groups in total. The summed E-state index contributed by atoms with van der Waals surface area (Å²) in [6, 6.07) is 16.0. The van der Waals surface area contributed by atoms with Crippen molar-refractivity contribution in [3.05, 3.63) is 88.2 Å². The molecule has 3 aromatic heterocycles. The Kier molecular flexibility index (Phi) is 4.89. The molecule has 8 nitrogen and oxygen atoms in total. The summed E-state index contributed by atoms with van der Waals surface area (Å²) in [7, 11) is 0. The van der Waals surface area contributed by atoms with Gasteiger partial charge in [0.2, 0.25) is 0 Å². The number of benzene rings is 2. The molecule has 0 unspecified atom stereocenters. The van der Waals surface area contributed by atoms with Crippen molar-refractivity contribution in [2.24, 2.45) is 0 Å². The monoisotopic (exact) mass is 425 g/mol. The van der Waals surface area contributed by atoms with Crippen molar-refractivity contribution in [2.75, 3.05) is 0 Å². The summed E-state index contributed by atoms with van der Waals surface area (Å²) < 4.78 is 3.37. The van der Waals surface area contributed by atoms with E-state index < -0.39 is 0 Å². The van der Waals surface area contributed by atoms with E-state index in [2.05, 4.69) is 40.2 Å². The summed E-state index contributed by atoms with van der Waals surface area (Å²) in [5, 5.41) is 8.12. The van der Waals surface area contributed by atoms with E-state index in [1.807, 2.05) is 55.6 Å². The molecular formula is C24H23N7O. The van der Waals surface area contributed by atoms with E-state index in [4.69, 9.17) is 4.98 Å². The van der Waals surface area contributed by atoms with E-state index in [1.165, 1.54) is 5.56 Å². The lowest BCUT2D eigenvalue weighted by molar-refractivity contribution is 0.773. The normalized spacial score (nSPS) is 11.5. The zero-order chi connectivity index (χ0) is 22.2. The molecule has 0 spiro atoms. The molecule has 0 atom stereocenters. The van der Waals surface area contributed by atoms with Gasteiger partial charge in [-0.05, 0) is 36.1 Å². The maximum atomic E-state index is 12.7. The van der Waals surface area contributed by atoms with Crippen molar-refractivity contribution in [1.82, 2.24) is 34.5 Å². The molecular weight excluding hydrogens is 402 g/mol. The minimum Gasteiger partial charge on any atom is -0.303 e.